The second-order valence-corrected chi connectivity index (χ2v) is 8.88. The molecule has 154 valence electrons. The molecule has 2 amide bonds. The molecule has 4 rings (SSSR count). The topological polar surface area (TPSA) is 118 Å². The van der Waals surface area contributed by atoms with Gasteiger partial charge in [-0.1, -0.05) is 12.1 Å². The number of rotatable bonds is 4. The molecule has 0 atom stereocenters. The van der Waals surface area contributed by atoms with E-state index in [1.807, 2.05) is 18.2 Å². The lowest BCUT2D eigenvalue weighted by Crippen LogP contribution is -2.40. The fraction of sp³-hybridized carbons (Fsp3) is 0.190. The highest BCUT2D eigenvalue weighted by molar-refractivity contribution is 7.89. The van der Waals surface area contributed by atoms with Crippen molar-refractivity contribution < 1.29 is 13.2 Å². The van der Waals surface area contributed by atoms with Gasteiger partial charge in [0.2, 0.25) is 10.0 Å². The zero-order valence-corrected chi connectivity index (χ0v) is 17.2. The van der Waals surface area contributed by atoms with Gasteiger partial charge in [0, 0.05) is 41.8 Å². The van der Waals surface area contributed by atoms with Crippen molar-refractivity contribution in [2.75, 3.05) is 18.5 Å². The van der Waals surface area contributed by atoms with E-state index in [1.54, 1.807) is 36.8 Å². The van der Waals surface area contributed by atoms with Crippen molar-refractivity contribution >= 4 is 21.9 Å². The Kier molecular flexibility index (Phi) is 5.23. The Morgan fingerprint density at radius 2 is 1.80 bits per heavy atom. The number of amides is 2. The highest BCUT2D eigenvalue weighted by Gasteiger charge is 2.22. The van der Waals surface area contributed by atoms with Gasteiger partial charge in [-0.2, -0.15) is 0 Å². The Morgan fingerprint density at radius 3 is 2.53 bits per heavy atom. The monoisotopic (exact) mass is 423 g/mol. The molecule has 9 heteroatoms. The van der Waals surface area contributed by atoms with Crippen molar-refractivity contribution in [3.63, 3.8) is 0 Å². The third kappa shape index (κ3) is 3.77. The number of carbonyl (C=O) groups is 1. The molecule has 3 heterocycles. The minimum atomic E-state index is -3.54. The van der Waals surface area contributed by atoms with Crippen LogP contribution in [-0.2, 0) is 16.4 Å². The molecule has 8 nitrogen and oxygen atoms in total. The third-order valence-corrected chi connectivity index (χ3v) is 6.52. The molecule has 0 radical (unpaired) electrons. The molecule has 0 spiro atoms. The number of benzene rings is 1. The number of urea groups is 1. The van der Waals surface area contributed by atoms with Crippen LogP contribution >= 0.6 is 0 Å². The fourth-order valence-corrected chi connectivity index (χ4v) is 4.33. The zero-order chi connectivity index (χ0) is 21.3. The Morgan fingerprint density at radius 1 is 1.07 bits per heavy atom. The minimum Gasteiger partial charge on any atom is -0.351 e. The van der Waals surface area contributed by atoms with Crippen molar-refractivity contribution in [2.24, 2.45) is 5.73 Å². The van der Waals surface area contributed by atoms with Crippen LogP contribution in [0.4, 0.5) is 10.6 Å². The molecule has 1 aliphatic rings. The number of hydrogen-bond acceptors (Lipinski definition) is 5. The van der Waals surface area contributed by atoms with Crippen molar-refractivity contribution in [2.45, 2.75) is 17.7 Å². The summed E-state index contributed by atoms with van der Waals surface area (Å²) in [6.45, 7) is 0.567. The molecule has 3 aromatic rings. The van der Waals surface area contributed by atoms with Gasteiger partial charge in [0.15, 0.2) is 0 Å². The molecule has 1 aromatic carbocycles. The first-order chi connectivity index (χ1) is 14.4. The highest BCUT2D eigenvalue weighted by atomic mass is 32.2. The van der Waals surface area contributed by atoms with E-state index < -0.39 is 16.1 Å². The zero-order valence-electron chi connectivity index (χ0n) is 16.4. The number of anilines is 1. The van der Waals surface area contributed by atoms with Crippen LogP contribution in [0.1, 0.15) is 12.0 Å². The first kappa shape index (κ1) is 20.0. The molecular formula is C21H21N5O3S. The summed E-state index contributed by atoms with van der Waals surface area (Å²) in [6.07, 6.45) is 6.76. The number of pyridine rings is 2. The van der Waals surface area contributed by atoms with Crippen LogP contribution in [0, 0.1) is 0 Å². The van der Waals surface area contributed by atoms with E-state index in [9.17, 15) is 13.2 Å². The summed E-state index contributed by atoms with van der Waals surface area (Å²) in [5.41, 5.74) is 9.67. The molecule has 0 unspecified atom stereocenters. The number of nitrogens with zero attached hydrogens (tertiary/aromatic N) is 3. The van der Waals surface area contributed by atoms with Gasteiger partial charge in [-0.15, -0.1) is 0 Å². The van der Waals surface area contributed by atoms with Gasteiger partial charge in [0.1, 0.15) is 5.82 Å². The van der Waals surface area contributed by atoms with Crippen LogP contribution < -0.4 is 15.4 Å². The van der Waals surface area contributed by atoms with Gasteiger partial charge in [0.05, 0.1) is 4.90 Å². The van der Waals surface area contributed by atoms with Crippen LogP contribution in [0.25, 0.3) is 22.3 Å². The van der Waals surface area contributed by atoms with Gasteiger partial charge in [0.25, 0.3) is 0 Å². The van der Waals surface area contributed by atoms with Gasteiger partial charge >= 0.3 is 6.03 Å². The molecule has 30 heavy (non-hydrogen) atoms. The quantitative estimate of drug-likeness (QED) is 0.669. The summed E-state index contributed by atoms with van der Waals surface area (Å²) in [5, 5.41) is 0. The molecule has 0 saturated carbocycles. The number of primary amides is 1. The second kappa shape index (κ2) is 7.85. The highest BCUT2D eigenvalue weighted by Crippen LogP contribution is 2.31. The number of fused-ring (bicyclic) bond motifs is 1. The Balaban J connectivity index is 1.72. The van der Waals surface area contributed by atoms with Gasteiger partial charge in [-0.05, 0) is 55.3 Å². The van der Waals surface area contributed by atoms with E-state index in [-0.39, 0.29) is 4.90 Å². The molecule has 0 saturated heterocycles. The summed E-state index contributed by atoms with van der Waals surface area (Å²) < 4.78 is 26.5. The van der Waals surface area contributed by atoms with Gasteiger partial charge < -0.3 is 5.73 Å². The lowest BCUT2D eigenvalue weighted by Gasteiger charge is -2.26. The van der Waals surface area contributed by atoms with E-state index in [2.05, 4.69) is 14.7 Å². The van der Waals surface area contributed by atoms with Crippen LogP contribution in [0.3, 0.4) is 0 Å². The van der Waals surface area contributed by atoms with E-state index in [0.29, 0.717) is 12.4 Å². The lowest BCUT2D eigenvalue weighted by molar-refractivity contribution is 0.253. The van der Waals surface area contributed by atoms with Crippen LogP contribution in [0.5, 0.6) is 0 Å². The average Bonchev–Trinajstić information content (AvgIpc) is 2.78. The van der Waals surface area contributed by atoms with Crippen molar-refractivity contribution in [1.82, 2.24) is 14.7 Å². The normalized spacial score (nSPS) is 13.7. The SMILES string of the molecule is CNS(=O)(=O)c1cccc(-c2cncc(-c3cnc4c(c3)CCCN4C(N)=O)c2)c1. The van der Waals surface area contributed by atoms with Crippen molar-refractivity contribution in [3.8, 4) is 22.3 Å². The lowest BCUT2D eigenvalue weighted by atomic mass is 9.99. The van der Waals surface area contributed by atoms with E-state index in [1.165, 1.54) is 11.9 Å². The number of nitrogens with two attached hydrogens (primary N) is 1. The van der Waals surface area contributed by atoms with E-state index in [0.717, 1.165) is 40.7 Å². The number of aryl methyl sites for hydroxylation is 1. The van der Waals surface area contributed by atoms with Crippen LogP contribution in [0.15, 0.2) is 59.9 Å². The summed E-state index contributed by atoms with van der Waals surface area (Å²) >= 11 is 0. The number of hydrogen-bond donors (Lipinski definition) is 2. The summed E-state index contributed by atoms with van der Waals surface area (Å²) in [7, 11) is -2.15. The number of aromatic nitrogens is 2. The first-order valence-corrected chi connectivity index (χ1v) is 10.9. The fourth-order valence-electron chi connectivity index (χ4n) is 3.55. The minimum absolute atomic E-state index is 0.190. The third-order valence-electron chi connectivity index (χ3n) is 5.11. The van der Waals surface area contributed by atoms with Crippen molar-refractivity contribution in [1.29, 1.82) is 0 Å². The predicted molar refractivity (Wildman–Crippen MR) is 114 cm³/mol. The maximum Gasteiger partial charge on any atom is 0.320 e. The molecular weight excluding hydrogens is 402 g/mol. The van der Waals surface area contributed by atoms with Crippen LogP contribution in [0.2, 0.25) is 0 Å². The van der Waals surface area contributed by atoms with Crippen molar-refractivity contribution in [3.05, 3.63) is 60.6 Å². The largest absolute Gasteiger partial charge is 0.351 e. The molecule has 0 bridgehead atoms. The molecule has 1 aliphatic heterocycles. The maximum atomic E-state index is 12.1. The molecule has 2 aromatic heterocycles. The Labute approximate surface area is 174 Å². The van der Waals surface area contributed by atoms with Crippen LogP contribution in [-0.4, -0.2) is 38.0 Å². The average molecular weight is 423 g/mol. The summed E-state index contributed by atoms with van der Waals surface area (Å²) in [5.74, 6) is 0.603. The molecule has 0 aliphatic carbocycles. The van der Waals surface area contributed by atoms with Gasteiger partial charge in [-0.25, -0.2) is 22.9 Å². The first-order valence-electron chi connectivity index (χ1n) is 9.44. The number of carbonyl (C=O) groups excluding carboxylic acids is 1. The number of sulfonamides is 1. The Bertz CT molecular complexity index is 1230. The predicted octanol–water partition coefficient (Wildman–Crippen LogP) is 2.55. The Hall–Kier alpha value is -3.30. The molecule has 3 N–H and O–H groups in total. The second-order valence-electron chi connectivity index (χ2n) is 7.00. The van der Waals surface area contributed by atoms with Gasteiger partial charge in [-0.3, -0.25) is 9.88 Å². The summed E-state index contributed by atoms with van der Waals surface area (Å²) in [6, 6.07) is 10.1. The maximum absolute atomic E-state index is 12.1. The van der Waals surface area contributed by atoms with E-state index >= 15 is 0 Å². The summed E-state index contributed by atoms with van der Waals surface area (Å²) in [4.78, 5) is 22.1. The number of nitrogens with one attached hydrogen (secondary N) is 1. The molecule has 0 fully saturated rings. The smallest absolute Gasteiger partial charge is 0.320 e. The van der Waals surface area contributed by atoms with E-state index in [4.69, 9.17) is 5.73 Å². The standard InChI is InChI=1S/C21H21N5O3S/c1-23-30(28,29)19-6-2-4-14(10-19)16-9-17(12-24-11-16)18-8-15-5-3-7-26(21(22)27)20(15)25-13-18/h2,4,6,8-13,23H,3,5,7H2,1H3,(H2,22,27).